The molecule has 2 fully saturated rings. The van der Waals surface area contributed by atoms with Crippen molar-refractivity contribution in [2.45, 2.75) is 26.3 Å². The van der Waals surface area contributed by atoms with Gasteiger partial charge in [0.15, 0.2) is 5.76 Å². The van der Waals surface area contributed by atoms with Gasteiger partial charge in [0.1, 0.15) is 28.6 Å². The number of ether oxygens (including phenoxy) is 3. The van der Waals surface area contributed by atoms with Crippen LogP contribution in [0.25, 0.3) is 17.0 Å². The Kier molecular flexibility index (Phi) is 8.90. The smallest absolute Gasteiger partial charge is 0.235 e. The number of piperazine rings is 1. The molecule has 43 heavy (non-hydrogen) atoms. The molecule has 3 aliphatic heterocycles. The predicted molar refractivity (Wildman–Crippen MR) is 165 cm³/mol. The van der Waals surface area contributed by atoms with Crippen LogP contribution in [0.2, 0.25) is 0 Å². The molecule has 0 unspecified atom stereocenters. The van der Waals surface area contributed by atoms with Gasteiger partial charge in [-0.1, -0.05) is 0 Å². The molecule has 3 aliphatic rings. The Morgan fingerprint density at radius 1 is 0.884 bits per heavy atom. The quantitative estimate of drug-likeness (QED) is 0.270. The van der Waals surface area contributed by atoms with Crippen molar-refractivity contribution in [3.05, 3.63) is 52.9 Å². The number of methoxy groups -OCH3 is 1. The average molecular weight is 591 g/mol. The van der Waals surface area contributed by atoms with E-state index in [-0.39, 0.29) is 28.6 Å². The van der Waals surface area contributed by atoms with E-state index in [4.69, 9.17) is 14.2 Å². The zero-order chi connectivity index (χ0) is 29.9. The fraction of sp³-hybridized carbons (Fsp3) is 0.485. The summed E-state index contributed by atoms with van der Waals surface area (Å²) in [7, 11) is 1.64. The van der Waals surface area contributed by atoms with Crippen LogP contribution >= 0.6 is 0 Å². The Morgan fingerprint density at radius 2 is 1.56 bits per heavy atom. The maximum absolute atomic E-state index is 13.1. The molecule has 0 spiro atoms. The molecule has 230 valence electrons. The molecule has 6 rings (SSSR count). The SMILES string of the molecule is COc1ccc2c(c1)c(C=C1Oc3cc(O)cc(O)c3C1=O)c(C)n2CCCCN1CCN(CCN2CCOCC2)CC1. The van der Waals surface area contributed by atoms with E-state index in [0.29, 0.717) is 0 Å². The van der Waals surface area contributed by atoms with Crippen LogP contribution in [0.1, 0.15) is 34.5 Å². The van der Waals surface area contributed by atoms with E-state index in [9.17, 15) is 15.0 Å². The number of carbonyl (C=O) groups excluding carboxylic acids is 1. The van der Waals surface area contributed by atoms with Crippen LogP contribution in [-0.4, -0.2) is 114 Å². The highest BCUT2D eigenvalue weighted by Crippen LogP contribution is 2.41. The van der Waals surface area contributed by atoms with Crippen molar-refractivity contribution in [3.8, 4) is 23.0 Å². The first-order valence-corrected chi connectivity index (χ1v) is 15.3. The maximum atomic E-state index is 13.1. The maximum Gasteiger partial charge on any atom is 0.235 e. The number of nitrogens with zero attached hydrogens (tertiary/aromatic N) is 4. The van der Waals surface area contributed by atoms with Crippen molar-refractivity contribution in [1.29, 1.82) is 0 Å². The molecule has 10 heteroatoms. The van der Waals surface area contributed by atoms with Crippen LogP contribution in [0, 0.1) is 6.92 Å². The molecule has 2 aromatic carbocycles. The van der Waals surface area contributed by atoms with E-state index in [1.54, 1.807) is 13.2 Å². The second-order valence-electron chi connectivity index (χ2n) is 11.7. The van der Waals surface area contributed by atoms with Crippen LogP contribution in [0.4, 0.5) is 0 Å². The number of Topliss-reactive ketones (excluding diaryl/α,β-unsaturated/α-hetero) is 1. The minimum atomic E-state index is -0.406. The fourth-order valence-corrected chi connectivity index (χ4v) is 6.44. The van der Waals surface area contributed by atoms with Gasteiger partial charge in [-0.25, -0.2) is 0 Å². The van der Waals surface area contributed by atoms with Gasteiger partial charge >= 0.3 is 0 Å². The van der Waals surface area contributed by atoms with Crippen LogP contribution in [0.3, 0.4) is 0 Å². The summed E-state index contributed by atoms with van der Waals surface area (Å²) in [5.74, 6) is 0.150. The van der Waals surface area contributed by atoms with E-state index in [0.717, 1.165) is 125 Å². The third-order valence-electron chi connectivity index (χ3n) is 9.00. The zero-order valence-electron chi connectivity index (χ0n) is 25.2. The van der Waals surface area contributed by atoms with Crippen molar-refractivity contribution in [2.24, 2.45) is 0 Å². The molecule has 10 nitrogen and oxygen atoms in total. The molecule has 3 aromatic rings. The van der Waals surface area contributed by atoms with E-state index in [1.165, 1.54) is 6.07 Å². The Balaban J connectivity index is 1.09. The molecule has 2 saturated heterocycles. The van der Waals surface area contributed by atoms with Gasteiger partial charge in [0.25, 0.3) is 0 Å². The Morgan fingerprint density at radius 3 is 2.28 bits per heavy atom. The number of hydrogen-bond acceptors (Lipinski definition) is 9. The summed E-state index contributed by atoms with van der Waals surface area (Å²) < 4.78 is 19.1. The number of aromatic nitrogens is 1. The molecular weight excluding hydrogens is 548 g/mol. The highest BCUT2D eigenvalue weighted by molar-refractivity contribution is 6.17. The summed E-state index contributed by atoms with van der Waals surface area (Å²) in [5.41, 5.74) is 3.05. The highest BCUT2D eigenvalue weighted by atomic mass is 16.5. The number of benzene rings is 2. The normalized spacial score (nSPS) is 19.3. The topological polar surface area (TPSA) is 99.9 Å². The zero-order valence-corrected chi connectivity index (χ0v) is 25.2. The van der Waals surface area contributed by atoms with Crippen LogP contribution in [-0.2, 0) is 11.3 Å². The van der Waals surface area contributed by atoms with Gasteiger partial charge in [-0.3, -0.25) is 14.6 Å². The predicted octanol–water partition coefficient (Wildman–Crippen LogP) is 3.72. The minimum Gasteiger partial charge on any atom is -0.508 e. The highest BCUT2D eigenvalue weighted by Gasteiger charge is 2.32. The summed E-state index contributed by atoms with van der Waals surface area (Å²) in [6.07, 6.45) is 3.89. The average Bonchev–Trinajstić information content (AvgIpc) is 3.47. The number of carbonyl (C=O) groups is 1. The van der Waals surface area contributed by atoms with Gasteiger partial charge in [0.2, 0.25) is 5.78 Å². The van der Waals surface area contributed by atoms with Gasteiger partial charge < -0.3 is 33.9 Å². The molecule has 0 bridgehead atoms. The summed E-state index contributed by atoms with van der Waals surface area (Å²) >= 11 is 0. The van der Waals surface area contributed by atoms with Crippen molar-refractivity contribution in [2.75, 3.05) is 79.2 Å². The van der Waals surface area contributed by atoms with E-state index in [2.05, 4.69) is 32.3 Å². The minimum absolute atomic E-state index is 0.0703. The lowest BCUT2D eigenvalue weighted by molar-refractivity contribution is 0.0299. The second kappa shape index (κ2) is 13.0. The molecule has 2 N–H and O–H groups in total. The standard InChI is InChI=1S/C33H42N4O6/c1-23-26(22-31-33(40)32-29(39)19-24(38)20-30(32)43-31)27-21-25(41-2)5-6-28(27)37(23)8-4-3-7-34-9-11-35(12-10-34)13-14-36-15-17-42-18-16-36/h5-6,19-22,38-39H,3-4,7-18H2,1-2H3. The van der Waals surface area contributed by atoms with E-state index < -0.39 is 5.78 Å². The van der Waals surface area contributed by atoms with Crippen LogP contribution < -0.4 is 9.47 Å². The first-order valence-electron chi connectivity index (χ1n) is 15.3. The molecule has 0 radical (unpaired) electrons. The number of phenolic OH excluding ortho intramolecular Hbond substituents is 2. The number of morpholine rings is 1. The summed E-state index contributed by atoms with van der Waals surface area (Å²) in [5, 5.41) is 21.1. The summed E-state index contributed by atoms with van der Waals surface area (Å²) in [4.78, 5) is 20.8. The number of aromatic hydroxyl groups is 2. The van der Waals surface area contributed by atoms with Crippen molar-refractivity contribution in [1.82, 2.24) is 19.3 Å². The third kappa shape index (κ3) is 6.38. The molecule has 0 amide bonds. The lowest BCUT2D eigenvalue weighted by Gasteiger charge is -2.36. The number of phenols is 2. The molecular formula is C33H42N4O6. The number of ketones is 1. The first-order chi connectivity index (χ1) is 20.9. The number of unbranched alkanes of at least 4 members (excludes halogenated alkanes) is 1. The molecule has 1 aromatic heterocycles. The molecule has 4 heterocycles. The Hall–Kier alpha value is -3.57. The van der Waals surface area contributed by atoms with Gasteiger partial charge in [-0.15, -0.1) is 0 Å². The van der Waals surface area contributed by atoms with Crippen molar-refractivity contribution in [3.63, 3.8) is 0 Å². The largest absolute Gasteiger partial charge is 0.508 e. The van der Waals surface area contributed by atoms with Crippen molar-refractivity contribution < 1.29 is 29.2 Å². The van der Waals surface area contributed by atoms with Gasteiger partial charge in [-0.05, 0) is 50.6 Å². The fourth-order valence-electron chi connectivity index (χ4n) is 6.44. The second-order valence-corrected chi connectivity index (χ2v) is 11.7. The first kappa shape index (κ1) is 29.5. The van der Waals surface area contributed by atoms with Crippen molar-refractivity contribution >= 4 is 22.8 Å². The lowest BCUT2D eigenvalue weighted by Crippen LogP contribution is -2.49. The number of fused-ring (bicyclic) bond motifs is 2. The van der Waals surface area contributed by atoms with E-state index >= 15 is 0 Å². The van der Waals surface area contributed by atoms with Crippen LogP contribution in [0.15, 0.2) is 36.1 Å². The Bertz CT molecular complexity index is 1500. The van der Waals surface area contributed by atoms with Gasteiger partial charge in [-0.2, -0.15) is 0 Å². The van der Waals surface area contributed by atoms with Gasteiger partial charge in [0.05, 0.1) is 20.3 Å². The monoisotopic (exact) mass is 590 g/mol. The summed E-state index contributed by atoms with van der Waals surface area (Å²) in [6, 6.07) is 8.51. The number of rotatable bonds is 10. The Labute approximate surface area is 252 Å². The van der Waals surface area contributed by atoms with Gasteiger partial charge in [0, 0.05) is 93.2 Å². The lowest BCUT2D eigenvalue weighted by atomic mass is 10.1. The third-order valence-corrected chi connectivity index (χ3v) is 9.00. The molecule has 0 aliphatic carbocycles. The number of allylic oxidation sites excluding steroid dienone is 1. The molecule has 0 saturated carbocycles. The van der Waals surface area contributed by atoms with E-state index in [1.807, 2.05) is 12.1 Å². The van der Waals surface area contributed by atoms with Crippen LogP contribution in [0.5, 0.6) is 23.0 Å². The molecule has 0 atom stereocenters. The number of hydrogen-bond donors (Lipinski definition) is 2. The summed E-state index contributed by atoms with van der Waals surface area (Å²) in [6.45, 7) is 14.6. The number of aryl methyl sites for hydroxylation is 1.